The molecular formula is C17H19Cl2NO3S. The van der Waals surface area contributed by atoms with Crippen molar-refractivity contribution in [2.75, 3.05) is 14.2 Å². The van der Waals surface area contributed by atoms with Gasteiger partial charge in [-0.1, -0.05) is 47.5 Å². The van der Waals surface area contributed by atoms with Gasteiger partial charge in [0.1, 0.15) is 5.75 Å². The molecule has 0 aromatic heterocycles. The number of hydrogen-bond acceptors (Lipinski definition) is 3. The van der Waals surface area contributed by atoms with Crippen molar-refractivity contribution in [1.29, 1.82) is 0 Å². The maximum absolute atomic E-state index is 12.7. The molecule has 1 atom stereocenters. The van der Waals surface area contributed by atoms with Gasteiger partial charge in [0, 0.05) is 12.6 Å². The minimum Gasteiger partial charge on any atom is -0.496 e. The molecule has 7 heteroatoms. The minimum absolute atomic E-state index is 0.153. The fourth-order valence-electron chi connectivity index (χ4n) is 2.39. The Kier molecular flexibility index (Phi) is 6.15. The molecule has 2 aromatic carbocycles. The van der Waals surface area contributed by atoms with Crippen molar-refractivity contribution in [3.05, 3.63) is 63.6 Å². The third-order valence-electron chi connectivity index (χ3n) is 3.91. The predicted octanol–water partition coefficient (Wildman–Crippen LogP) is 4.52. The number of methoxy groups -OCH3 is 1. The monoisotopic (exact) mass is 387 g/mol. The van der Waals surface area contributed by atoms with Gasteiger partial charge >= 0.3 is 0 Å². The van der Waals surface area contributed by atoms with E-state index in [1.54, 1.807) is 32.4 Å². The zero-order valence-corrected chi connectivity index (χ0v) is 16.0. The number of para-hydroxylation sites is 1. The smallest absolute Gasteiger partial charge is 0.218 e. The molecule has 24 heavy (non-hydrogen) atoms. The molecule has 0 saturated carbocycles. The van der Waals surface area contributed by atoms with Gasteiger partial charge in [-0.3, -0.25) is 0 Å². The molecule has 0 bridgehead atoms. The van der Waals surface area contributed by atoms with Gasteiger partial charge in [0.25, 0.3) is 0 Å². The van der Waals surface area contributed by atoms with Crippen LogP contribution in [0.15, 0.2) is 42.5 Å². The van der Waals surface area contributed by atoms with Crippen LogP contribution in [0.5, 0.6) is 5.75 Å². The number of ether oxygens (including phenoxy) is 1. The maximum atomic E-state index is 12.7. The summed E-state index contributed by atoms with van der Waals surface area (Å²) in [6, 6.07) is 11.8. The second kappa shape index (κ2) is 7.74. The minimum atomic E-state index is -3.54. The number of nitrogens with zero attached hydrogens (tertiary/aromatic N) is 1. The van der Waals surface area contributed by atoms with Crippen molar-refractivity contribution >= 4 is 33.2 Å². The zero-order chi connectivity index (χ0) is 17.9. The highest BCUT2D eigenvalue weighted by atomic mass is 35.5. The molecule has 0 aliphatic carbocycles. The number of sulfonamides is 1. The first-order chi connectivity index (χ1) is 11.3. The highest BCUT2D eigenvalue weighted by Gasteiger charge is 2.26. The first-order valence-electron chi connectivity index (χ1n) is 7.29. The number of halogens is 2. The maximum Gasteiger partial charge on any atom is 0.218 e. The van der Waals surface area contributed by atoms with E-state index >= 15 is 0 Å². The molecule has 0 heterocycles. The summed E-state index contributed by atoms with van der Waals surface area (Å²) in [5, 5.41) is 0.735. The molecule has 0 fully saturated rings. The topological polar surface area (TPSA) is 46.6 Å². The average molecular weight is 388 g/mol. The average Bonchev–Trinajstić information content (AvgIpc) is 2.56. The lowest BCUT2D eigenvalue weighted by molar-refractivity contribution is 0.367. The van der Waals surface area contributed by atoms with E-state index in [1.807, 2.05) is 31.2 Å². The molecule has 2 rings (SSSR count). The molecule has 130 valence electrons. The number of rotatable bonds is 6. The van der Waals surface area contributed by atoms with E-state index in [4.69, 9.17) is 27.9 Å². The largest absolute Gasteiger partial charge is 0.496 e. The summed E-state index contributed by atoms with van der Waals surface area (Å²) in [5.41, 5.74) is 1.39. The van der Waals surface area contributed by atoms with Crippen LogP contribution in [0.1, 0.15) is 24.1 Å². The second-order valence-electron chi connectivity index (χ2n) is 5.44. The van der Waals surface area contributed by atoms with Crippen molar-refractivity contribution < 1.29 is 13.2 Å². The van der Waals surface area contributed by atoms with Crippen LogP contribution in [0.3, 0.4) is 0 Å². The number of hydrogen-bond donors (Lipinski definition) is 0. The standard InChI is InChI=1S/C17H19Cl2NO3S/c1-12(14-6-4-5-7-17(14)23-3)20(2)24(21,22)11-13-8-9-15(18)16(19)10-13/h4-10,12H,11H2,1-3H3. The molecule has 1 unspecified atom stereocenters. The lowest BCUT2D eigenvalue weighted by atomic mass is 10.1. The van der Waals surface area contributed by atoms with Crippen molar-refractivity contribution in [3.63, 3.8) is 0 Å². The van der Waals surface area contributed by atoms with Crippen LogP contribution in [0, 0.1) is 0 Å². The summed E-state index contributed by atoms with van der Waals surface area (Å²) in [4.78, 5) is 0. The van der Waals surface area contributed by atoms with Gasteiger partial charge in [-0.05, 0) is 30.7 Å². The Morgan fingerprint density at radius 3 is 2.42 bits per heavy atom. The van der Waals surface area contributed by atoms with E-state index in [2.05, 4.69) is 0 Å². The Bertz CT molecular complexity index is 824. The molecule has 2 aromatic rings. The molecule has 0 radical (unpaired) electrons. The Morgan fingerprint density at radius 1 is 1.12 bits per heavy atom. The van der Waals surface area contributed by atoms with E-state index in [1.165, 1.54) is 4.31 Å². The summed E-state index contributed by atoms with van der Waals surface area (Å²) in [6.45, 7) is 1.82. The SMILES string of the molecule is COc1ccccc1C(C)N(C)S(=O)(=O)Cc1ccc(Cl)c(Cl)c1. The fraction of sp³-hybridized carbons (Fsp3) is 0.294. The van der Waals surface area contributed by atoms with E-state index in [0.717, 1.165) is 5.56 Å². The zero-order valence-electron chi connectivity index (χ0n) is 13.7. The Morgan fingerprint density at radius 2 is 1.79 bits per heavy atom. The van der Waals surface area contributed by atoms with Gasteiger partial charge in [-0.2, -0.15) is 4.31 Å². The van der Waals surface area contributed by atoms with E-state index in [9.17, 15) is 8.42 Å². The van der Waals surface area contributed by atoms with Gasteiger partial charge in [0.05, 0.1) is 28.9 Å². The van der Waals surface area contributed by atoms with Crippen molar-refractivity contribution in [3.8, 4) is 5.75 Å². The molecule has 0 N–H and O–H groups in total. The summed E-state index contributed by atoms with van der Waals surface area (Å²) in [7, 11) is -0.415. The predicted molar refractivity (Wildman–Crippen MR) is 98.3 cm³/mol. The molecule has 0 saturated heterocycles. The summed E-state index contributed by atoms with van der Waals surface area (Å²) >= 11 is 11.8. The van der Waals surface area contributed by atoms with Gasteiger partial charge in [-0.25, -0.2) is 8.42 Å². The van der Waals surface area contributed by atoms with Crippen molar-refractivity contribution in [1.82, 2.24) is 4.31 Å². The lowest BCUT2D eigenvalue weighted by Crippen LogP contribution is -2.31. The molecule has 0 amide bonds. The third-order valence-corrected chi connectivity index (χ3v) is 6.54. The summed E-state index contributed by atoms with van der Waals surface area (Å²) < 4.78 is 32.1. The van der Waals surface area contributed by atoms with Gasteiger partial charge in [0.15, 0.2) is 0 Å². The Labute approximate surface area is 153 Å². The van der Waals surface area contributed by atoms with E-state index < -0.39 is 10.0 Å². The van der Waals surface area contributed by atoms with Crippen LogP contribution in [0.25, 0.3) is 0 Å². The Balaban J connectivity index is 2.26. The van der Waals surface area contributed by atoms with E-state index in [0.29, 0.717) is 21.4 Å². The molecule has 0 aliphatic heterocycles. The number of benzene rings is 2. The molecule has 0 spiro atoms. The van der Waals surface area contributed by atoms with Crippen LogP contribution in [-0.4, -0.2) is 26.9 Å². The van der Waals surface area contributed by atoms with Crippen LogP contribution in [0.4, 0.5) is 0 Å². The highest BCUT2D eigenvalue weighted by molar-refractivity contribution is 7.88. The van der Waals surface area contributed by atoms with Crippen LogP contribution in [-0.2, 0) is 15.8 Å². The third kappa shape index (κ3) is 4.22. The van der Waals surface area contributed by atoms with Gasteiger partial charge in [-0.15, -0.1) is 0 Å². The molecular weight excluding hydrogens is 369 g/mol. The quantitative estimate of drug-likeness (QED) is 0.731. The fourth-order valence-corrected chi connectivity index (χ4v) is 4.11. The van der Waals surface area contributed by atoms with Crippen LogP contribution in [0.2, 0.25) is 10.0 Å². The first-order valence-corrected chi connectivity index (χ1v) is 9.65. The van der Waals surface area contributed by atoms with Crippen molar-refractivity contribution in [2.24, 2.45) is 0 Å². The first kappa shape index (κ1) is 19.1. The second-order valence-corrected chi connectivity index (χ2v) is 8.28. The highest BCUT2D eigenvalue weighted by Crippen LogP contribution is 2.31. The summed E-state index contributed by atoms with van der Waals surface area (Å²) in [5.74, 6) is 0.501. The van der Waals surface area contributed by atoms with Gasteiger partial charge in [0.2, 0.25) is 10.0 Å². The van der Waals surface area contributed by atoms with Crippen LogP contribution >= 0.6 is 23.2 Å². The van der Waals surface area contributed by atoms with Crippen LogP contribution < -0.4 is 4.74 Å². The lowest BCUT2D eigenvalue weighted by Gasteiger charge is -2.26. The van der Waals surface area contributed by atoms with Gasteiger partial charge < -0.3 is 4.74 Å². The molecule has 4 nitrogen and oxygen atoms in total. The summed E-state index contributed by atoms with van der Waals surface area (Å²) in [6.07, 6.45) is 0. The normalized spacial score (nSPS) is 13.1. The van der Waals surface area contributed by atoms with E-state index in [-0.39, 0.29) is 11.8 Å². The Hall–Kier alpha value is -1.27. The van der Waals surface area contributed by atoms with Crippen molar-refractivity contribution in [2.45, 2.75) is 18.7 Å². The molecule has 0 aliphatic rings.